The molecule has 0 heterocycles. The van der Waals surface area contributed by atoms with Crippen molar-refractivity contribution in [3.8, 4) is 0 Å². The van der Waals surface area contributed by atoms with E-state index in [0.29, 0.717) is 5.92 Å². The number of aliphatic hydroxyl groups is 2. The number of nitrogens with zero attached hydrogens (tertiary/aromatic N) is 1. The highest BCUT2D eigenvalue weighted by Gasteiger charge is 2.28. The zero-order chi connectivity index (χ0) is 12.2. The van der Waals surface area contributed by atoms with Gasteiger partial charge in [0.25, 0.3) is 0 Å². The first-order valence-corrected chi connectivity index (χ1v) is 6.47. The van der Waals surface area contributed by atoms with Crippen LogP contribution >= 0.6 is 0 Å². The van der Waals surface area contributed by atoms with Crippen LogP contribution < -0.4 is 0 Å². The van der Waals surface area contributed by atoms with Crippen LogP contribution in [0, 0.1) is 5.92 Å². The van der Waals surface area contributed by atoms with Crippen molar-refractivity contribution >= 4 is 0 Å². The Morgan fingerprint density at radius 2 is 1.81 bits per heavy atom. The van der Waals surface area contributed by atoms with Gasteiger partial charge in [0, 0.05) is 12.1 Å². The lowest BCUT2D eigenvalue weighted by atomic mass is 9.94. The normalized spacial score (nSPS) is 28.1. The molecule has 0 aliphatic heterocycles. The maximum Gasteiger partial charge on any atom is 0.0609 e. The van der Waals surface area contributed by atoms with E-state index < -0.39 is 0 Å². The third-order valence-electron chi connectivity index (χ3n) is 4.05. The van der Waals surface area contributed by atoms with Gasteiger partial charge in [-0.2, -0.15) is 0 Å². The Morgan fingerprint density at radius 3 is 2.44 bits per heavy atom. The van der Waals surface area contributed by atoms with Crippen molar-refractivity contribution in [2.75, 3.05) is 20.2 Å². The van der Waals surface area contributed by atoms with Crippen LogP contribution in [-0.4, -0.2) is 47.0 Å². The Morgan fingerprint density at radius 1 is 1.19 bits per heavy atom. The molecule has 0 bridgehead atoms. The van der Waals surface area contributed by atoms with E-state index in [1.165, 1.54) is 12.8 Å². The topological polar surface area (TPSA) is 43.7 Å². The summed E-state index contributed by atoms with van der Waals surface area (Å²) < 4.78 is 0. The molecule has 1 aliphatic rings. The van der Waals surface area contributed by atoms with Crippen LogP contribution in [-0.2, 0) is 0 Å². The summed E-state index contributed by atoms with van der Waals surface area (Å²) in [5, 5.41) is 19.4. The summed E-state index contributed by atoms with van der Waals surface area (Å²) in [7, 11) is 2.04. The van der Waals surface area contributed by atoms with E-state index in [9.17, 15) is 10.2 Å². The molecule has 1 saturated carbocycles. The molecule has 0 amide bonds. The fourth-order valence-corrected chi connectivity index (χ4v) is 2.30. The first-order chi connectivity index (χ1) is 7.47. The first kappa shape index (κ1) is 13.9. The Kier molecular flexibility index (Phi) is 5.22. The minimum Gasteiger partial charge on any atom is -0.394 e. The zero-order valence-corrected chi connectivity index (χ0v) is 10.9. The third-order valence-corrected chi connectivity index (χ3v) is 4.05. The molecule has 1 aliphatic carbocycles. The lowest BCUT2D eigenvalue weighted by Gasteiger charge is -2.37. The summed E-state index contributed by atoms with van der Waals surface area (Å²) >= 11 is 0. The maximum atomic E-state index is 10.0. The van der Waals surface area contributed by atoms with Crippen molar-refractivity contribution in [1.82, 2.24) is 4.90 Å². The van der Waals surface area contributed by atoms with Gasteiger partial charge < -0.3 is 10.2 Å². The second-order valence-corrected chi connectivity index (χ2v) is 5.82. The van der Waals surface area contributed by atoms with Gasteiger partial charge in [0.05, 0.1) is 12.7 Å². The van der Waals surface area contributed by atoms with E-state index in [-0.39, 0.29) is 18.2 Å². The Bertz CT molecular complexity index is 206. The average molecular weight is 229 g/mol. The SMILES string of the molecule is CN(CC1CCCCCC1O)C(C)(C)CO. The highest BCUT2D eigenvalue weighted by Crippen LogP contribution is 2.25. The molecular weight excluding hydrogens is 202 g/mol. The maximum absolute atomic E-state index is 10.0. The van der Waals surface area contributed by atoms with Crippen LogP contribution in [0.3, 0.4) is 0 Å². The number of hydrogen-bond acceptors (Lipinski definition) is 3. The van der Waals surface area contributed by atoms with Crippen LogP contribution in [0.5, 0.6) is 0 Å². The molecule has 2 N–H and O–H groups in total. The van der Waals surface area contributed by atoms with Crippen molar-refractivity contribution in [3.05, 3.63) is 0 Å². The van der Waals surface area contributed by atoms with Crippen LogP contribution in [0.4, 0.5) is 0 Å². The lowest BCUT2D eigenvalue weighted by Crippen LogP contribution is -2.47. The molecule has 3 nitrogen and oxygen atoms in total. The molecule has 96 valence electrons. The van der Waals surface area contributed by atoms with Gasteiger partial charge in [0.2, 0.25) is 0 Å². The molecule has 1 fully saturated rings. The van der Waals surface area contributed by atoms with Gasteiger partial charge in [-0.1, -0.05) is 19.3 Å². The van der Waals surface area contributed by atoms with E-state index in [1.807, 2.05) is 20.9 Å². The van der Waals surface area contributed by atoms with E-state index in [2.05, 4.69) is 4.90 Å². The van der Waals surface area contributed by atoms with Crippen molar-refractivity contribution < 1.29 is 10.2 Å². The number of hydrogen-bond donors (Lipinski definition) is 2. The summed E-state index contributed by atoms with van der Waals surface area (Å²) in [6, 6.07) is 0. The molecule has 3 heteroatoms. The van der Waals surface area contributed by atoms with E-state index in [0.717, 1.165) is 25.8 Å². The summed E-state index contributed by atoms with van der Waals surface area (Å²) in [5.41, 5.74) is -0.188. The summed E-state index contributed by atoms with van der Waals surface area (Å²) in [4.78, 5) is 2.17. The lowest BCUT2D eigenvalue weighted by molar-refractivity contribution is 0.0278. The minimum atomic E-state index is -0.188. The monoisotopic (exact) mass is 229 g/mol. The van der Waals surface area contributed by atoms with Crippen molar-refractivity contribution in [2.45, 2.75) is 57.6 Å². The average Bonchev–Trinajstić information content (AvgIpc) is 2.44. The van der Waals surface area contributed by atoms with Gasteiger partial charge in [-0.3, -0.25) is 4.90 Å². The Labute approximate surface area is 99.5 Å². The minimum absolute atomic E-state index is 0.153. The van der Waals surface area contributed by atoms with Gasteiger partial charge >= 0.3 is 0 Å². The van der Waals surface area contributed by atoms with E-state index in [4.69, 9.17) is 0 Å². The highest BCUT2D eigenvalue weighted by atomic mass is 16.3. The van der Waals surface area contributed by atoms with E-state index >= 15 is 0 Å². The molecule has 16 heavy (non-hydrogen) atoms. The van der Waals surface area contributed by atoms with Crippen molar-refractivity contribution in [2.24, 2.45) is 5.92 Å². The Hall–Kier alpha value is -0.120. The molecule has 2 atom stereocenters. The van der Waals surface area contributed by atoms with Gasteiger partial charge in [0.1, 0.15) is 0 Å². The summed E-state index contributed by atoms with van der Waals surface area (Å²) in [6.07, 6.45) is 5.55. The predicted molar refractivity (Wildman–Crippen MR) is 66.4 cm³/mol. The van der Waals surface area contributed by atoms with Crippen LogP contribution in [0.15, 0.2) is 0 Å². The molecule has 0 aromatic rings. The number of likely N-dealkylation sites (N-methyl/N-ethyl adjacent to an activating group) is 1. The van der Waals surface area contributed by atoms with Crippen molar-refractivity contribution in [1.29, 1.82) is 0 Å². The quantitative estimate of drug-likeness (QED) is 0.720. The zero-order valence-electron chi connectivity index (χ0n) is 10.9. The fraction of sp³-hybridized carbons (Fsp3) is 1.00. The van der Waals surface area contributed by atoms with Crippen LogP contribution in [0.25, 0.3) is 0 Å². The van der Waals surface area contributed by atoms with Crippen molar-refractivity contribution in [3.63, 3.8) is 0 Å². The van der Waals surface area contributed by atoms with Gasteiger partial charge in [-0.25, -0.2) is 0 Å². The molecule has 1 rings (SSSR count). The second-order valence-electron chi connectivity index (χ2n) is 5.82. The molecule has 0 spiro atoms. The smallest absolute Gasteiger partial charge is 0.0609 e. The fourth-order valence-electron chi connectivity index (χ4n) is 2.30. The molecular formula is C13H27NO2. The second kappa shape index (κ2) is 5.99. The van der Waals surface area contributed by atoms with Crippen LogP contribution in [0.2, 0.25) is 0 Å². The van der Waals surface area contributed by atoms with Gasteiger partial charge in [0.15, 0.2) is 0 Å². The summed E-state index contributed by atoms with van der Waals surface area (Å²) in [6.45, 7) is 5.12. The highest BCUT2D eigenvalue weighted by molar-refractivity contribution is 4.83. The molecule has 2 unspecified atom stereocenters. The molecule has 0 aromatic heterocycles. The third kappa shape index (κ3) is 3.72. The summed E-state index contributed by atoms with van der Waals surface area (Å²) in [5.74, 6) is 0.373. The molecule has 0 saturated heterocycles. The van der Waals surface area contributed by atoms with Gasteiger partial charge in [-0.05, 0) is 39.7 Å². The number of rotatable bonds is 4. The first-order valence-electron chi connectivity index (χ1n) is 6.47. The largest absolute Gasteiger partial charge is 0.394 e. The van der Waals surface area contributed by atoms with Gasteiger partial charge in [-0.15, -0.1) is 0 Å². The molecule has 0 radical (unpaired) electrons. The predicted octanol–water partition coefficient (Wildman–Crippen LogP) is 1.63. The van der Waals surface area contributed by atoms with E-state index in [1.54, 1.807) is 0 Å². The molecule has 0 aromatic carbocycles. The van der Waals surface area contributed by atoms with Crippen LogP contribution in [0.1, 0.15) is 46.0 Å². The number of aliphatic hydroxyl groups excluding tert-OH is 2. The Balaban J connectivity index is 2.51. The standard InChI is InChI=1S/C13H27NO2/c1-13(2,10-15)14(3)9-11-7-5-4-6-8-12(11)16/h11-12,15-16H,4-10H2,1-3H3.